The zero-order chi connectivity index (χ0) is 9.84. The average Bonchev–Trinajstić information content (AvgIpc) is 2.07. The van der Waals surface area contributed by atoms with Gasteiger partial charge < -0.3 is 10.6 Å². The summed E-state index contributed by atoms with van der Waals surface area (Å²) in [4.78, 5) is 4.77. The molecule has 1 aliphatic rings. The van der Waals surface area contributed by atoms with Crippen LogP contribution in [0.25, 0.3) is 0 Å². The molecule has 1 rings (SSSR count). The summed E-state index contributed by atoms with van der Waals surface area (Å²) >= 11 is 0. The first kappa shape index (κ1) is 10.7. The number of rotatable bonds is 3. The Morgan fingerprint density at radius 3 is 2.77 bits per heavy atom. The van der Waals surface area contributed by atoms with Crippen molar-refractivity contribution in [2.45, 2.75) is 13.0 Å². The van der Waals surface area contributed by atoms with E-state index in [0.29, 0.717) is 6.04 Å². The summed E-state index contributed by atoms with van der Waals surface area (Å²) in [5, 5.41) is 0. The van der Waals surface area contributed by atoms with Crippen molar-refractivity contribution in [2.24, 2.45) is 5.73 Å². The van der Waals surface area contributed by atoms with E-state index in [2.05, 4.69) is 30.4 Å². The lowest BCUT2D eigenvalue weighted by Crippen LogP contribution is -2.55. The molecule has 1 atom stereocenters. The number of nitrogens with zero attached hydrogens (tertiary/aromatic N) is 2. The Balaban J connectivity index is 2.47. The van der Waals surface area contributed by atoms with Gasteiger partial charge in [0.25, 0.3) is 0 Å². The SMILES string of the molecule is C=C(C)CN1CCN(C)CC1CN. The normalized spacial score (nSPS) is 26.2. The number of hydrogen-bond acceptors (Lipinski definition) is 3. The molecule has 1 heterocycles. The lowest BCUT2D eigenvalue weighted by molar-refractivity contribution is 0.103. The molecule has 0 radical (unpaired) electrons. The summed E-state index contributed by atoms with van der Waals surface area (Å²) in [6.45, 7) is 11.1. The van der Waals surface area contributed by atoms with Crippen LogP contribution in [0.5, 0.6) is 0 Å². The predicted molar refractivity (Wildman–Crippen MR) is 56.7 cm³/mol. The second-order valence-electron chi connectivity index (χ2n) is 4.08. The van der Waals surface area contributed by atoms with Gasteiger partial charge in [-0.2, -0.15) is 0 Å². The highest BCUT2D eigenvalue weighted by atomic mass is 15.3. The van der Waals surface area contributed by atoms with Crippen molar-refractivity contribution < 1.29 is 0 Å². The fourth-order valence-corrected chi connectivity index (χ4v) is 1.83. The van der Waals surface area contributed by atoms with Crippen LogP contribution in [0, 0.1) is 0 Å². The van der Waals surface area contributed by atoms with Gasteiger partial charge in [-0.25, -0.2) is 0 Å². The van der Waals surface area contributed by atoms with Gasteiger partial charge in [0.05, 0.1) is 0 Å². The summed E-state index contributed by atoms with van der Waals surface area (Å²) in [5.74, 6) is 0. The zero-order valence-electron chi connectivity index (χ0n) is 8.79. The highest BCUT2D eigenvalue weighted by Gasteiger charge is 2.23. The third-order valence-electron chi connectivity index (χ3n) is 2.55. The van der Waals surface area contributed by atoms with Gasteiger partial charge in [0.1, 0.15) is 0 Å². The van der Waals surface area contributed by atoms with Crippen molar-refractivity contribution in [3.05, 3.63) is 12.2 Å². The highest BCUT2D eigenvalue weighted by Crippen LogP contribution is 2.08. The average molecular weight is 183 g/mol. The van der Waals surface area contributed by atoms with E-state index in [-0.39, 0.29) is 0 Å². The molecule has 1 fully saturated rings. The molecular weight excluding hydrogens is 162 g/mol. The fraction of sp³-hybridized carbons (Fsp3) is 0.800. The molecule has 0 amide bonds. The topological polar surface area (TPSA) is 32.5 Å². The molecule has 0 bridgehead atoms. The Kier molecular flexibility index (Phi) is 3.90. The van der Waals surface area contributed by atoms with E-state index in [0.717, 1.165) is 32.7 Å². The monoisotopic (exact) mass is 183 g/mol. The van der Waals surface area contributed by atoms with Crippen molar-refractivity contribution in [3.63, 3.8) is 0 Å². The molecule has 0 spiro atoms. The highest BCUT2D eigenvalue weighted by molar-refractivity contribution is 4.95. The maximum absolute atomic E-state index is 5.73. The Morgan fingerprint density at radius 1 is 1.54 bits per heavy atom. The molecular formula is C10H21N3. The Labute approximate surface area is 81.2 Å². The van der Waals surface area contributed by atoms with Crippen LogP contribution in [-0.2, 0) is 0 Å². The minimum atomic E-state index is 0.510. The van der Waals surface area contributed by atoms with E-state index >= 15 is 0 Å². The Morgan fingerprint density at radius 2 is 2.23 bits per heavy atom. The molecule has 0 aromatic heterocycles. The molecule has 0 aromatic carbocycles. The van der Waals surface area contributed by atoms with Gasteiger partial charge in [-0.1, -0.05) is 12.2 Å². The first-order valence-electron chi connectivity index (χ1n) is 4.90. The largest absolute Gasteiger partial charge is 0.329 e. The van der Waals surface area contributed by atoms with Crippen LogP contribution in [0.3, 0.4) is 0 Å². The lowest BCUT2D eigenvalue weighted by atomic mass is 10.1. The van der Waals surface area contributed by atoms with Gasteiger partial charge in [0, 0.05) is 38.8 Å². The van der Waals surface area contributed by atoms with Crippen molar-refractivity contribution in [1.82, 2.24) is 9.80 Å². The molecule has 0 aromatic rings. The van der Waals surface area contributed by atoms with Gasteiger partial charge >= 0.3 is 0 Å². The summed E-state index contributed by atoms with van der Waals surface area (Å²) in [7, 11) is 2.15. The maximum Gasteiger partial charge on any atom is 0.0349 e. The van der Waals surface area contributed by atoms with Crippen LogP contribution in [0.1, 0.15) is 6.92 Å². The van der Waals surface area contributed by atoms with E-state index in [1.54, 1.807) is 0 Å². The third kappa shape index (κ3) is 3.10. The van der Waals surface area contributed by atoms with Gasteiger partial charge in [0.2, 0.25) is 0 Å². The zero-order valence-corrected chi connectivity index (χ0v) is 8.79. The van der Waals surface area contributed by atoms with Gasteiger partial charge in [-0.3, -0.25) is 4.90 Å². The number of hydrogen-bond donors (Lipinski definition) is 1. The minimum Gasteiger partial charge on any atom is -0.329 e. The second kappa shape index (κ2) is 4.74. The van der Waals surface area contributed by atoms with E-state index in [9.17, 15) is 0 Å². The smallest absolute Gasteiger partial charge is 0.0349 e. The lowest BCUT2D eigenvalue weighted by Gasteiger charge is -2.39. The maximum atomic E-state index is 5.73. The summed E-state index contributed by atoms with van der Waals surface area (Å²) in [5.41, 5.74) is 6.96. The number of nitrogens with two attached hydrogens (primary N) is 1. The third-order valence-corrected chi connectivity index (χ3v) is 2.55. The predicted octanol–water partition coefficient (Wildman–Crippen LogP) is 0.137. The molecule has 1 unspecified atom stereocenters. The van der Waals surface area contributed by atoms with Crippen LogP contribution >= 0.6 is 0 Å². The van der Waals surface area contributed by atoms with Crippen LogP contribution in [0.2, 0.25) is 0 Å². The minimum absolute atomic E-state index is 0.510. The standard InChI is InChI=1S/C10H21N3/c1-9(2)7-13-5-4-12(3)8-10(13)6-11/h10H,1,4-8,11H2,2-3H3. The molecule has 3 heteroatoms. The number of likely N-dealkylation sites (N-methyl/N-ethyl adjacent to an activating group) is 1. The Hall–Kier alpha value is -0.380. The van der Waals surface area contributed by atoms with E-state index in [1.807, 2.05) is 0 Å². The molecule has 1 aliphatic heterocycles. The van der Waals surface area contributed by atoms with Crippen molar-refractivity contribution in [1.29, 1.82) is 0 Å². The van der Waals surface area contributed by atoms with Crippen molar-refractivity contribution >= 4 is 0 Å². The molecule has 3 nitrogen and oxygen atoms in total. The number of piperazine rings is 1. The summed E-state index contributed by atoms with van der Waals surface area (Å²) in [6.07, 6.45) is 0. The molecule has 2 N–H and O–H groups in total. The fourth-order valence-electron chi connectivity index (χ4n) is 1.83. The van der Waals surface area contributed by atoms with Crippen LogP contribution < -0.4 is 5.73 Å². The van der Waals surface area contributed by atoms with Crippen molar-refractivity contribution in [3.8, 4) is 0 Å². The Bertz CT molecular complexity index is 179. The first-order valence-corrected chi connectivity index (χ1v) is 4.90. The quantitative estimate of drug-likeness (QED) is 0.632. The molecule has 13 heavy (non-hydrogen) atoms. The van der Waals surface area contributed by atoms with Gasteiger partial charge in [-0.15, -0.1) is 0 Å². The van der Waals surface area contributed by atoms with E-state index in [4.69, 9.17) is 5.73 Å². The molecule has 0 saturated carbocycles. The van der Waals surface area contributed by atoms with Crippen LogP contribution in [0.15, 0.2) is 12.2 Å². The summed E-state index contributed by atoms with van der Waals surface area (Å²) < 4.78 is 0. The molecule has 76 valence electrons. The van der Waals surface area contributed by atoms with E-state index in [1.165, 1.54) is 5.57 Å². The molecule has 1 saturated heterocycles. The summed E-state index contributed by atoms with van der Waals surface area (Å²) in [6, 6.07) is 0.510. The second-order valence-corrected chi connectivity index (χ2v) is 4.08. The van der Waals surface area contributed by atoms with Crippen molar-refractivity contribution in [2.75, 3.05) is 39.8 Å². The van der Waals surface area contributed by atoms with Gasteiger partial charge in [0.15, 0.2) is 0 Å². The van der Waals surface area contributed by atoms with Crippen LogP contribution in [-0.4, -0.2) is 55.6 Å². The van der Waals surface area contributed by atoms with E-state index < -0.39 is 0 Å². The first-order chi connectivity index (χ1) is 6.13. The molecule has 0 aliphatic carbocycles. The van der Waals surface area contributed by atoms with Crippen LogP contribution in [0.4, 0.5) is 0 Å². The van der Waals surface area contributed by atoms with Gasteiger partial charge in [-0.05, 0) is 14.0 Å².